The van der Waals surface area contributed by atoms with E-state index in [-0.39, 0.29) is 10.8 Å². The number of aromatic hydroxyl groups is 1. The Balaban J connectivity index is 1.81. The first kappa shape index (κ1) is 29.8. The van der Waals surface area contributed by atoms with E-state index in [0.29, 0.717) is 5.75 Å². The van der Waals surface area contributed by atoms with Crippen molar-refractivity contribution in [2.75, 3.05) is 17.2 Å². The summed E-state index contributed by atoms with van der Waals surface area (Å²) in [6.45, 7) is 18.4. The van der Waals surface area contributed by atoms with Crippen molar-refractivity contribution in [3.8, 4) is 16.9 Å². The number of rotatable bonds is 8. The monoisotopic (exact) mass is 551 g/mol. The lowest BCUT2D eigenvalue weighted by molar-refractivity contribution is 0.446. The first-order valence-electron chi connectivity index (χ1n) is 14.4. The van der Waals surface area contributed by atoms with Crippen molar-refractivity contribution in [1.29, 1.82) is 0 Å². The van der Waals surface area contributed by atoms with Gasteiger partial charge in [0.05, 0.1) is 5.69 Å². The van der Waals surface area contributed by atoms with Gasteiger partial charge >= 0.3 is 0 Å². The van der Waals surface area contributed by atoms with Gasteiger partial charge in [-0.1, -0.05) is 108 Å². The van der Waals surface area contributed by atoms with E-state index >= 15 is 0 Å². The average Bonchev–Trinajstić information content (AvgIpc) is 2.89. The second-order valence-corrected chi connectivity index (χ2v) is 14.1. The second kappa shape index (κ2) is 12.1. The lowest BCUT2D eigenvalue weighted by atomic mass is 9.84. The van der Waals surface area contributed by atoms with Crippen LogP contribution in [0.3, 0.4) is 0 Å². The fourth-order valence-electron chi connectivity index (χ4n) is 5.16. The van der Waals surface area contributed by atoms with Gasteiger partial charge in [-0.25, -0.2) is 0 Å². The molecule has 0 aliphatic rings. The molecular formula is C37H45NOS. The second-order valence-electron chi connectivity index (χ2n) is 13.0. The molecule has 0 aromatic heterocycles. The van der Waals surface area contributed by atoms with Crippen LogP contribution in [0.1, 0.15) is 70.2 Å². The van der Waals surface area contributed by atoms with Crippen LogP contribution in [0, 0.1) is 13.8 Å². The van der Waals surface area contributed by atoms with Gasteiger partial charge in [0.2, 0.25) is 0 Å². The maximum atomic E-state index is 11.7. The van der Waals surface area contributed by atoms with E-state index in [1.807, 2.05) is 11.8 Å². The molecule has 0 spiro atoms. The van der Waals surface area contributed by atoms with Crippen LogP contribution in [-0.4, -0.2) is 17.4 Å². The molecule has 2 nitrogen and oxygen atoms in total. The van der Waals surface area contributed by atoms with Gasteiger partial charge in [0.15, 0.2) is 0 Å². The van der Waals surface area contributed by atoms with Gasteiger partial charge in [0.25, 0.3) is 0 Å². The van der Waals surface area contributed by atoms with Gasteiger partial charge in [-0.15, -0.1) is 11.8 Å². The van der Waals surface area contributed by atoms with Gasteiger partial charge in [-0.2, -0.15) is 0 Å². The Kier molecular flexibility index (Phi) is 9.05. The molecule has 0 fully saturated rings. The van der Waals surface area contributed by atoms with Crippen molar-refractivity contribution in [3.63, 3.8) is 0 Å². The first-order valence-corrected chi connectivity index (χ1v) is 15.3. The zero-order valence-corrected chi connectivity index (χ0v) is 26.3. The molecular weight excluding hydrogens is 506 g/mol. The molecule has 0 aliphatic carbocycles. The molecule has 4 rings (SSSR count). The minimum Gasteiger partial charge on any atom is -0.505 e. The third kappa shape index (κ3) is 7.12. The van der Waals surface area contributed by atoms with Crippen LogP contribution in [0.4, 0.5) is 11.4 Å². The van der Waals surface area contributed by atoms with Crippen molar-refractivity contribution in [2.24, 2.45) is 0 Å². The summed E-state index contributed by atoms with van der Waals surface area (Å²) in [7, 11) is 0. The summed E-state index contributed by atoms with van der Waals surface area (Å²) < 4.78 is 0. The third-order valence-corrected chi connectivity index (χ3v) is 8.42. The van der Waals surface area contributed by atoms with E-state index in [1.165, 1.54) is 27.1 Å². The number of phenols is 1. The highest BCUT2D eigenvalue weighted by Crippen LogP contribution is 2.44. The molecule has 0 radical (unpaired) electrons. The van der Waals surface area contributed by atoms with Crippen LogP contribution >= 0.6 is 11.8 Å². The minimum atomic E-state index is -0.169. The van der Waals surface area contributed by atoms with Crippen molar-refractivity contribution in [3.05, 3.63) is 107 Å². The Bertz CT molecular complexity index is 1440. The molecule has 0 bridgehead atoms. The van der Waals surface area contributed by atoms with E-state index in [0.717, 1.165) is 41.2 Å². The Morgan fingerprint density at radius 2 is 1.35 bits per heavy atom. The lowest BCUT2D eigenvalue weighted by Gasteiger charge is -2.31. The molecule has 4 aromatic rings. The number of aryl methyl sites for hydroxylation is 2. The summed E-state index contributed by atoms with van der Waals surface area (Å²) >= 11 is 1.89. The normalized spacial score (nSPS) is 12.0. The van der Waals surface area contributed by atoms with E-state index in [2.05, 4.69) is 145 Å². The van der Waals surface area contributed by atoms with Crippen LogP contribution in [-0.2, 0) is 10.8 Å². The first-order chi connectivity index (χ1) is 18.8. The van der Waals surface area contributed by atoms with E-state index in [1.54, 1.807) is 0 Å². The van der Waals surface area contributed by atoms with Gasteiger partial charge < -0.3 is 10.0 Å². The van der Waals surface area contributed by atoms with Crippen LogP contribution in [0.2, 0.25) is 0 Å². The van der Waals surface area contributed by atoms with Crippen molar-refractivity contribution >= 4 is 23.1 Å². The van der Waals surface area contributed by atoms with E-state index in [4.69, 9.17) is 0 Å². The largest absolute Gasteiger partial charge is 0.505 e. The number of phenolic OH excluding ortho intramolecular Hbond substituents is 1. The van der Waals surface area contributed by atoms with E-state index < -0.39 is 0 Å². The molecule has 0 aliphatic heterocycles. The maximum absolute atomic E-state index is 11.7. The number of anilines is 2. The molecule has 3 heteroatoms. The van der Waals surface area contributed by atoms with Crippen LogP contribution in [0.15, 0.2) is 89.8 Å². The zero-order chi connectivity index (χ0) is 29.1. The fraction of sp³-hybridized carbons (Fsp3) is 0.351. The SMILES string of the molecule is Cc1cc(-c2ccccc2N(CCCSc2ccccc2)c2cc(C)cc(C(C)(C)C)c2O)cc(C(C)(C)C)c1. The Hall–Kier alpha value is -3.17. The quantitative estimate of drug-likeness (QED) is 0.174. The number of hydrogen-bond acceptors (Lipinski definition) is 3. The summed E-state index contributed by atoms with van der Waals surface area (Å²) in [5.74, 6) is 1.38. The fourth-order valence-corrected chi connectivity index (χ4v) is 6.02. The minimum absolute atomic E-state index is 0.0560. The smallest absolute Gasteiger partial charge is 0.142 e. The van der Waals surface area contributed by atoms with Gasteiger partial charge in [0, 0.05) is 28.3 Å². The lowest BCUT2D eigenvalue weighted by Crippen LogP contribution is -2.22. The van der Waals surface area contributed by atoms with Crippen molar-refractivity contribution < 1.29 is 5.11 Å². The highest BCUT2D eigenvalue weighted by Gasteiger charge is 2.25. The van der Waals surface area contributed by atoms with Crippen molar-refractivity contribution in [2.45, 2.75) is 77.5 Å². The number of benzene rings is 4. The van der Waals surface area contributed by atoms with Crippen molar-refractivity contribution in [1.82, 2.24) is 0 Å². The third-order valence-electron chi connectivity index (χ3n) is 7.32. The molecule has 40 heavy (non-hydrogen) atoms. The zero-order valence-electron chi connectivity index (χ0n) is 25.5. The van der Waals surface area contributed by atoms with E-state index in [9.17, 15) is 5.11 Å². The number of nitrogens with zero attached hydrogens (tertiary/aromatic N) is 1. The molecule has 0 unspecified atom stereocenters. The predicted octanol–water partition coefficient (Wildman–Crippen LogP) is 10.6. The number of hydrogen-bond donors (Lipinski definition) is 1. The summed E-state index contributed by atoms with van der Waals surface area (Å²) in [6, 6.07) is 30.5. The van der Waals surface area contributed by atoms with Gasteiger partial charge in [-0.05, 0) is 77.8 Å². The molecule has 0 atom stereocenters. The molecule has 0 amide bonds. The summed E-state index contributed by atoms with van der Waals surface area (Å²) in [5.41, 5.74) is 9.02. The highest BCUT2D eigenvalue weighted by molar-refractivity contribution is 7.99. The molecule has 210 valence electrons. The summed E-state index contributed by atoms with van der Waals surface area (Å²) in [6.07, 6.45) is 0.979. The standard InChI is InChI=1S/C37H45NOS/c1-26-21-28(25-29(22-26)36(3,4)5)31-17-12-13-18-33(31)38(19-14-20-40-30-15-10-9-11-16-30)34-24-27(2)23-32(35(34)39)37(6,7)8/h9-13,15-18,21-25,39H,14,19-20H2,1-8H3. The Labute approximate surface area is 246 Å². The maximum Gasteiger partial charge on any atom is 0.142 e. The molecule has 0 saturated carbocycles. The van der Waals surface area contributed by atoms with Gasteiger partial charge in [-0.3, -0.25) is 0 Å². The average molecular weight is 552 g/mol. The topological polar surface area (TPSA) is 23.5 Å². The van der Waals surface area contributed by atoms with Gasteiger partial charge in [0.1, 0.15) is 5.75 Å². The Morgan fingerprint density at radius 3 is 2.02 bits per heavy atom. The summed E-state index contributed by atoms with van der Waals surface area (Å²) in [5, 5.41) is 11.7. The summed E-state index contributed by atoms with van der Waals surface area (Å²) in [4.78, 5) is 3.63. The molecule has 0 saturated heterocycles. The van der Waals surface area contributed by atoms with Crippen LogP contribution in [0.5, 0.6) is 5.75 Å². The highest BCUT2D eigenvalue weighted by atomic mass is 32.2. The predicted molar refractivity (Wildman–Crippen MR) is 176 cm³/mol. The number of thioether (sulfide) groups is 1. The molecule has 4 aromatic carbocycles. The Morgan fingerprint density at radius 1 is 0.700 bits per heavy atom. The van der Waals surface area contributed by atoms with Crippen LogP contribution in [0.25, 0.3) is 11.1 Å². The number of para-hydroxylation sites is 1. The molecule has 0 heterocycles. The molecule has 1 N–H and O–H groups in total. The van der Waals surface area contributed by atoms with Crippen LogP contribution < -0.4 is 4.90 Å².